The number of hydrogen-bond acceptors (Lipinski definition) is 4. The monoisotopic (exact) mass is 250 g/mol. The number of nitrogens with two attached hydrogens (primary N) is 1. The average molecular weight is 250 g/mol. The van der Waals surface area contributed by atoms with Gasteiger partial charge in [0.15, 0.2) is 0 Å². The zero-order valence-corrected chi connectivity index (χ0v) is 9.76. The van der Waals surface area contributed by atoms with Crippen LogP contribution in [0, 0.1) is 5.92 Å². The van der Waals surface area contributed by atoms with Gasteiger partial charge in [0.2, 0.25) is 5.91 Å². The molecule has 2 heterocycles. The summed E-state index contributed by atoms with van der Waals surface area (Å²) in [6.45, 7) is 0.959. The number of hydrogen-bond donors (Lipinski definition) is 2. The summed E-state index contributed by atoms with van der Waals surface area (Å²) in [5.41, 5.74) is 5.07. The van der Waals surface area contributed by atoms with E-state index in [0.29, 0.717) is 25.9 Å². The van der Waals surface area contributed by atoms with Crippen LogP contribution in [0.4, 0.5) is 0 Å². The fourth-order valence-electron chi connectivity index (χ4n) is 1.99. The molecule has 18 heavy (non-hydrogen) atoms. The van der Waals surface area contributed by atoms with E-state index in [-0.39, 0.29) is 29.0 Å². The molecule has 0 bridgehead atoms. The first-order chi connectivity index (χ1) is 8.58. The molecular formula is C11H14N4O3. The van der Waals surface area contributed by atoms with E-state index in [4.69, 9.17) is 5.73 Å². The first kappa shape index (κ1) is 12.3. The quantitative estimate of drug-likeness (QED) is 0.709. The maximum atomic E-state index is 12.0. The molecule has 0 unspecified atom stereocenters. The van der Waals surface area contributed by atoms with Gasteiger partial charge in [0.05, 0.1) is 0 Å². The third kappa shape index (κ3) is 2.55. The van der Waals surface area contributed by atoms with Crippen molar-refractivity contribution in [1.82, 2.24) is 15.1 Å². The number of nitrogens with zero attached hydrogens (tertiary/aromatic N) is 2. The molecule has 0 spiro atoms. The minimum Gasteiger partial charge on any atom is -0.369 e. The molecule has 0 aromatic carbocycles. The second kappa shape index (κ2) is 4.99. The number of primary amides is 1. The first-order valence-electron chi connectivity index (χ1n) is 5.72. The van der Waals surface area contributed by atoms with Gasteiger partial charge in [0.1, 0.15) is 5.69 Å². The Morgan fingerprint density at radius 1 is 1.33 bits per heavy atom. The number of H-pyrrole nitrogens is 1. The lowest BCUT2D eigenvalue weighted by molar-refractivity contribution is -0.123. The average Bonchev–Trinajstić information content (AvgIpc) is 2.39. The van der Waals surface area contributed by atoms with E-state index in [2.05, 4.69) is 10.2 Å². The lowest BCUT2D eigenvalue weighted by Gasteiger charge is -2.30. The fraction of sp³-hybridized carbons (Fsp3) is 0.455. The Hall–Kier alpha value is -2.18. The number of aromatic nitrogens is 2. The van der Waals surface area contributed by atoms with Crippen molar-refractivity contribution in [2.24, 2.45) is 11.7 Å². The van der Waals surface area contributed by atoms with Gasteiger partial charge < -0.3 is 10.6 Å². The fourth-order valence-corrected chi connectivity index (χ4v) is 1.99. The lowest BCUT2D eigenvalue weighted by atomic mass is 9.96. The van der Waals surface area contributed by atoms with Crippen LogP contribution >= 0.6 is 0 Å². The van der Waals surface area contributed by atoms with Crippen molar-refractivity contribution in [3.63, 3.8) is 0 Å². The van der Waals surface area contributed by atoms with Crippen molar-refractivity contribution in [3.05, 3.63) is 28.2 Å². The van der Waals surface area contributed by atoms with Crippen LogP contribution < -0.4 is 11.3 Å². The number of rotatable bonds is 2. The van der Waals surface area contributed by atoms with Gasteiger partial charge in [-0.15, -0.1) is 0 Å². The van der Waals surface area contributed by atoms with Gasteiger partial charge in [0, 0.05) is 25.1 Å². The molecule has 1 aromatic heterocycles. The van der Waals surface area contributed by atoms with Gasteiger partial charge >= 0.3 is 0 Å². The Morgan fingerprint density at radius 3 is 2.50 bits per heavy atom. The van der Waals surface area contributed by atoms with Crippen molar-refractivity contribution in [2.45, 2.75) is 12.8 Å². The number of piperidine rings is 1. The Morgan fingerprint density at radius 2 is 2.00 bits per heavy atom. The summed E-state index contributed by atoms with van der Waals surface area (Å²) in [6, 6.07) is 2.65. The van der Waals surface area contributed by atoms with Gasteiger partial charge in [-0.2, -0.15) is 5.10 Å². The highest BCUT2D eigenvalue weighted by molar-refractivity contribution is 5.92. The van der Waals surface area contributed by atoms with E-state index in [1.54, 1.807) is 4.90 Å². The second-order valence-corrected chi connectivity index (χ2v) is 4.28. The van der Waals surface area contributed by atoms with Crippen molar-refractivity contribution in [3.8, 4) is 0 Å². The number of carbonyl (C=O) groups is 2. The Balaban J connectivity index is 2.01. The molecule has 7 heteroatoms. The zero-order chi connectivity index (χ0) is 13.1. The van der Waals surface area contributed by atoms with Gasteiger partial charge in [-0.25, -0.2) is 5.10 Å². The van der Waals surface area contributed by atoms with Crippen LogP contribution in [-0.2, 0) is 4.79 Å². The van der Waals surface area contributed by atoms with Gasteiger partial charge in [-0.3, -0.25) is 14.4 Å². The van der Waals surface area contributed by atoms with Gasteiger partial charge in [0.25, 0.3) is 11.5 Å². The number of amides is 2. The maximum absolute atomic E-state index is 12.0. The van der Waals surface area contributed by atoms with E-state index < -0.39 is 0 Å². The highest BCUT2D eigenvalue weighted by Crippen LogP contribution is 2.17. The summed E-state index contributed by atoms with van der Waals surface area (Å²) in [4.78, 5) is 35.5. The number of carbonyl (C=O) groups excluding carboxylic acids is 2. The topological polar surface area (TPSA) is 109 Å². The molecule has 1 aliphatic heterocycles. The highest BCUT2D eigenvalue weighted by atomic mass is 16.2. The molecule has 1 fully saturated rings. The molecule has 0 atom stereocenters. The maximum Gasteiger partial charge on any atom is 0.274 e. The summed E-state index contributed by atoms with van der Waals surface area (Å²) in [5, 5.41) is 5.91. The zero-order valence-electron chi connectivity index (χ0n) is 9.76. The predicted octanol–water partition coefficient (Wildman–Crippen LogP) is -0.893. The molecule has 1 aromatic rings. The van der Waals surface area contributed by atoms with Crippen LogP contribution in [0.25, 0.3) is 0 Å². The molecule has 7 nitrogen and oxygen atoms in total. The summed E-state index contributed by atoms with van der Waals surface area (Å²) in [7, 11) is 0. The Kier molecular flexibility index (Phi) is 3.40. The van der Waals surface area contributed by atoms with Crippen LogP contribution in [0.3, 0.4) is 0 Å². The van der Waals surface area contributed by atoms with Crippen LogP contribution in [0.5, 0.6) is 0 Å². The lowest BCUT2D eigenvalue weighted by Crippen LogP contribution is -2.42. The Labute approximate surface area is 103 Å². The molecule has 0 radical (unpaired) electrons. The predicted molar refractivity (Wildman–Crippen MR) is 62.7 cm³/mol. The van der Waals surface area contributed by atoms with Gasteiger partial charge in [-0.1, -0.05) is 0 Å². The summed E-state index contributed by atoms with van der Waals surface area (Å²) < 4.78 is 0. The van der Waals surface area contributed by atoms with E-state index in [1.807, 2.05) is 0 Å². The molecular weight excluding hydrogens is 236 g/mol. The van der Waals surface area contributed by atoms with E-state index >= 15 is 0 Å². The standard InChI is InChI=1S/C11H14N4O3/c12-10(17)7-3-5-15(6-4-7)11(18)8-1-2-9(16)14-13-8/h1-2,7H,3-6H2,(H2,12,17)(H,14,16). The SMILES string of the molecule is NC(=O)C1CCN(C(=O)c2ccc(=O)[nH]n2)CC1. The van der Waals surface area contributed by atoms with Crippen molar-refractivity contribution < 1.29 is 9.59 Å². The normalized spacial score (nSPS) is 16.6. The number of nitrogens with one attached hydrogen (secondary N) is 1. The van der Waals surface area contributed by atoms with Crippen molar-refractivity contribution in [1.29, 1.82) is 0 Å². The van der Waals surface area contributed by atoms with E-state index in [0.717, 1.165) is 0 Å². The smallest absolute Gasteiger partial charge is 0.274 e. The molecule has 2 rings (SSSR count). The molecule has 1 aliphatic rings. The van der Waals surface area contributed by atoms with E-state index in [1.165, 1.54) is 12.1 Å². The van der Waals surface area contributed by atoms with Crippen molar-refractivity contribution >= 4 is 11.8 Å². The van der Waals surface area contributed by atoms with Crippen LogP contribution in [0.15, 0.2) is 16.9 Å². The third-order valence-electron chi connectivity index (χ3n) is 3.08. The second-order valence-electron chi connectivity index (χ2n) is 4.28. The molecule has 96 valence electrons. The van der Waals surface area contributed by atoms with Crippen LogP contribution in [0.1, 0.15) is 23.3 Å². The molecule has 1 saturated heterocycles. The van der Waals surface area contributed by atoms with E-state index in [9.17, 15) is 14.4 Å². The third-order valence-corrected chi connectivity index (χ3v) is 3.08. The molecule has 0 aliphatic carbocycles. The molecule has 3 N–H and O–H groups in total. The van der Waals surface area contributed by atoms with Crippen molar-refractivity contribution in [2.75, 3.05) is 13.1 Å². The summed E-state index contributed by atoms with van der Waals surface area (Å²) in [5.74, 6) is -0.712. The summed E-state index contributed by atoms with van der Waals surface area (Å²) in [6.07, 6.45) is 1.15. The van der Waals surface area contributed by atoms with Gasteiger partial charge in [-0.05, 0) is 18.9 Å². The van der Waals surface area contributed by atoms with Crippen LogP contribution in [0.2, 0.25) is 0 Å². The largest absolute Gasteiger partial charge is 0.369 e. The minimum absolute atomic E-state index is 0.155. The molecule has 0 saturated carbocycles. The summed E-state index contributed by atoms with van der Waals surface area (Å²) >= 11 is 0. The number of likely N-dealkylation sites (tertiary alicyclic amines) is 1. The van der Waals surface area contributed by atoms with Crippen LogP contribution in [-0.4, -0.2) is 40.0 Å². The first-order valence-corrected chi connectivity index (χ1v) is 5.72. The molecule has 2 amide bonds. The number of aromatic amines is 1. The Bertz CT molecular complexity index is 497. The minimum atomic E-state index is -0.348. The highest BCUT2D eigenvalue weighted by Gasteiger charge is 2.26.